The quantitative estimate of drug-likeness (QED) is 0.514. The lowest BCUT2D eigenvalue weighted by atomic mass is 10.3. The molecule has 1 aromatic carbocycles. The molecule has 1 aliphatic carbocycles. The van der Waals surface area contributed by atoms with E-state index in [0.29, 0.717) is 11.7 Å². The average Bonchev–Trinajstić information content (AvgIpc) is 3.25. The van der Waals surface area contributed by atoms with Gasteiger partial charge in [0.1, 0.15) is 22.5 Å². The van der Waals surface area contributed by atoms with E-state index in [-0.39, 0.29) is 5.82 Å². The van der Waals surface area contributed by atoms with E-state index < -0.39 is 0 Å². The molecule has 0 radical (unpaired) electrons. The Morgan fingerprint density at radius 1 is 1.35 bits per heavy atom. The lowest BCUT2D eigenvalue weighted by molar-refractivity contribution is 0.624. The summed E-state index contributed by atoms with van der Waals surface area (Å²) in [7, 11) is 0. The maximum atomic E-state index is 13.3. The Morgan fingerprint density at radius 3 is 2.80 bits per heavy atom. The number of nitrogens with two attached hydrogens (primary N) is 1. The van der Waals surface area contributed by atoms with Crippen LogP contribution < -0.4 is 11.3 Å². The van der Waals surface area contributed by atoms with Crippen molar-refractivity contribution >= 4 is 17.6 Å². The predicted molar refractivity (Wildman–Crippen MR) is 77.1 cm³/mol. The van der Waals surface area contributed by atoms with Crippen LogP contribution in [-0.4, -0.2) is 9.97 Å². The van der Waals surface area contributed by atoms with E-state index in [0.717, 1.165) is 34.2 Å². The first kappa shape index (κ1) is 13.3. The third kappa shape index (κ3) is 2.76. The van der Waals surface area contributed by atoms with Crippen LogP contribution in [-0.2, 0) is 0 Å². The van der Waals surface area contributed by atoms with E-state index >= 15 is 0 Å². The van der Waals surface area contributed by atoms with Crippen LogP contribution in [0.15, 0.2) is 34.2 Å². The van der Waals surface area contributed by atoms with Crippen molar-refractivity contribution in [1.29, 1.82) is 0 Å². The molecule has 0 amide bonds. The molecule has 1 fully saturated rings. The van der Waals surface area contributed by atoms with Gasteiger partial charge in [0.05, 0.1) is 0 Å². The molecule has 1 aromatic heterocycles. The number of hydrogen-bond acceptors (Lipinski definition) is 5. The molecule has 3 N–H and O–H groups in total. The summed E-state index contributed by atoms with van der Waals surface area (Å²) in [5.41, 5.74) is 3.50. The minimum atomic E-state index is -0.249. The number of benzene rings is 1. The van der Waals surface area contributed by atoms with Gasteiger partial charge >= 0.3 is 0 Å². The topological polar surface area (TPSA) is 63.8 Å². The zero-order chi connectivity index (χ0) is 14.1. The predicted octanol–water partition coefficient (Wildman–Crippen LogP) is 3.24. The lowest BCUT2D eigenvalue weighted by Gasteiger charge is -2.11. The number of halogens is 1. The van der Waals surface area contributed by atoms with Gasteiger partial charge in [0.25, 0.3) is 0 Å². The van der Waals surface area contributed by atoms with Gasteiger partial charge in [-0.1, -0.05) is 17.8 Å². The van der Waals surface area contributed by atoms with Crippen molar-refractivity contribution in [3.05, 3.63) is 41.5 Å². The van der Waals surface area contributed by atoms with Crippen LogP contribution in [0.3, 0.4) is 0 Å². The van der Waals surface area contributed by atoms with Crippen molar-refractivity contribution < 1.29 is 4.39 Å². The van der Waals surface area contributed by atoms with Crippen LogP contribution >= 0.6 is 11.8 Å². The molecule has 20 heavy (non-hydrogen) atoms. The second kappa shape index (κ2) is 5.38. The van der Waals surface area contributed by atoms with Crippen LogP contribution in [0.25, 0.3) is 0 Å². The van der Waals surface area contributed by atoms with E-state index in [4.69, 9.17) is 5.84 Å². The first-order valence-electron chi connectivity index (χ1n) is 6.46. The number of aromatic nitrogens is 2. The number of rotatable bonds is 4. The number of nitrogen functional groups attached to an aromatic ring is 1. The Morgan fingerprint density at radius 2 is 2.15 bits per heavy atom. The zero-order valence-corrected chi connectivity index (χ0v) is 11.9. The molecule has 1 heterocycles. The molecular weight excluding hydrogens is 275 g/mol. The SMILES string of the molecule is Cc1c(NN)nc(C2CC2)nc1Sc1cccc(F)c1. The van der Waals surface area contributed by atoms with Gasteiger partial charge in [0.15, 0.2) is 0 Å². The van der Waals surface area contributed by atoms with Crippen LogP contribution in [0.4, 0.5) is 10.2 Å². The second-order valence-electron chi connectivity index (χ2n) is 4.84. The van der Waals surface area contributed by atoms with Crippen molar-refractivity contribution in [1.82, 2.24) is 9.97 Å². The molecule has 104 valence electrons. The highest BCUT2D eigenvalue weighted by Crippen LogP contribution is 2.40. The van der Waals surface area contributed by atoms with E-state index in [1.54, 1.807) is 6.07 Å². The Balaban J connectivity index is 1.97. The van der Waals surface area contributed by atoms with Gasteiger partial charge in [-0.25, -0.2) is 20.2 Å². The lowest BCUT2D eigenvalue weighted by Crippen LogP contribution is -2.13. The molecule has 1 aliphatic rings. The number of hydrogen-bond donors (Lipinski definition) is 2. The third-order valence-electron chi connectivity index (χ3n) is 3.21. The number of hydrazine groups is 1. The summed E-state index contributed by atoms with van der Waals surface area (Å²) in [5, 5.41) is 0.820. The third-order valence-corrected chi connectivity index (χ3v) is 4.29. The Bertz CT molecular complexity index is 643. The number of nitrogens with zero attached hydrogens (tertiary/aromatic N) is 2. The van der Waals surface area contributed by atoms with Crippen molar-refractivity contribution in [2.24, 2.45) is 5.84 Å². The summed E-state index contributed by atoms with van der Waals surface area (Å²) < 4.78 is 13.3. The summed E-state index contributed by atoms with van der Waals surface area (Å²) >= 11 is 1.43. The van der Waals surface area contributed by atoms with Gasteiger partial charge in [-0.3, -0.25) is 0 Å². The van der Waals surface area contributed by atoms with E-state index in [1.165, 1.54) is 23.9 Å². The molecule has 0 saturated heterocycles. The van der Waals surface area contributed by atoms with Crippen LogP contribution in [0.5, 0.6) is 0 Å². The summed E-state index contributed by atoms with van der Waals surface area (Å²) in [4.78, 5) is 9.86. The Kier molecular flexibility index (Phi) is 3.58. The molecule has 1 saturated carbocycles. The highest BCUT2D eigenvalue weighted by atomic mass is 32.2. The molecule has 4 nitrogen and oxygen atoms in total. The van der Waals surface area contributed by atoms with Crippen LogP contribution in [0.1, 0.15) is 30.1 Å². The van der Waals surface area contributed by atoms with E-state index in [1.807, 2.05) is 13.0 Å². The highest BCUT2D eigenvalue weighted by molar-refractivity contribution is 7.99. The molecule has 0 spiro atoms. The highest BCUT2D eigenvalue weighted by Gasteiger charge is 2.28. The molecule has 6 heteroatoms. The zero-order valence-electron chi connectivity index (χ0n) is 11.1. The molecule has 0 aliphatic heterocycles. The Hall–Kier alpha value is -1.66. The summed E-state index contributed by atoms with van der Waals surface area (Å²) in [6.07, 6.45) is 2.24. The minimum absolute atomic E-state index is 0.249. The van der Waals surface area contributed by atoms with E-state index in [9.17, 15) is 4.39 Å². The fourth-order valence-corrected chi connectivity index (χ4v) is 2.85. The van der Waals surface area contributed by atoms with Gasteiger partial charge < -0.3 is 5.43 Å². The molecule has 2 aromatic rings. The van der Waals surface area contributed by atoms with Gasteiger partial charge in [-0.05, 0) is 38.0 Å². The van der Waals surface area contributed by atoms with E-state index in [2.05, 4.69) is 15.4 Å². The largest absolute Gasteiger partial charge is 0.308 e. The standard InChI is InChI=1S/C14H15FN4S/c1-8-12(19-16)17-13(9-5-6-9)18-14(8)20-11-4-2-3-10(15)7-11/h2-4,7,9H,5-6,16H2,1H3,(H,17,18,19). The molecule has 0 bridgehead atoms. The van der Waals surface area contributed by atoms with Crippen LogP contribution in [0.2, 0.25) is 0 Å². The maximum absolute atomic E-state index is 13.3. The molecule has 0 unspecified atom stereocenters. The number of nitrogens with one attached hydrogen (secondary N) is 1. The van der Waals surface area contributed by atoms with Crippen molar-refractivity contribution in [2.45, 2.75) is 35.6 Å². The minimum Gasteiger partial charge on any atom is -0.308 e. The fraction of sp³-hybridized carbons (Fsp3) is 0.286. The Labute approximate surface area is 121 Å². The maximum Gasteiger partial charge on any atom is 0.147 e. The first-order valence-corrected chi connectivity index (χ1v) is 7.27. The van der Waals surface area contributed by atoms with Gasteiger partial charge in [-0.15, -0.1) is 0 Å². The smallest absolute Gasteiger partial charge is 0.147 e. The average molecular weight is 290 g/mol. The normalized spacial score (nSPS) is 14.3. The van der Waals surface area contributed by atoms with Gasteiger partial charge in [0, 0.05) is 16.4 Å². The molecule has 0 atom stereocenters. The van der Waals surface area contributed by atoms with Gasteiger partial charge in [-0.2, -0.15) is 0 Å². The molecular formula is C14H15FN4S. The van der Waals surface area contributed by atoms with Crippen molar-refractivity contribution in [3.8, 4) is 0 Å². The summed E-state index contributed by atoms with van der Waals surface area (Å²) in [6.45, 7) is 1.91. The first-order chi connectivity index (χ1) is 9.67. The van der Waals surface area contributed by atoms with Crippen molar-refractivity contribution in [2.75, 3.05) is 5.43 Å². The summed E-state index contributed by atoms with van der Waals surface area (Å²) in [5.74, 6) is 7.17. The monoisotopic (exact) mass is 290 g/mol. The van der Waals surface area contributed by atoms with Crippen LogP contribution in [0, 0.1) is 12.7 Å². The van der Waals surface area contributed by atoms with Crippen molar-refractivity contribution in [3.63, 3.8) is 0 Å². The second-order valence-corrected chi connectivity index (χ2v) is 5.90. The molecule has 3 rings (SSSR count). The number of anilines is 1. The van der Waals surface area contributed by atoms with Gasteiger partial charge in [0.2, 0.25) is 0 Å². The fourth-order valence-electron chi connectivity index (χ4n) is 1.92. The summed E-state index contributed by atoms with van der Waals surface area (Å²) in [6, 6.07) is 6.48.